The van der Waals surface area contributed by atoms with Crippen LogP contribution in [0.4, 0.5) is 4.79 Å². The molecule has 0 radical (unpaired) electrons. The summed E-state index contributed by atoms with van der Waals surface area (Å²) in [6.45, 7) is 2.30. The number of benzene rings is 3. The van der Waals surface area contributed by atoms with Gasteiger partial charge < -0.3 is 30.0 Å². The Hall–Kier alpha value is -4.21. The zero-order chi connectivity index (χ0) is 28.8. The molecule has 1 aliphatic carbocycles. The van der Waals surface area contributed by atoms with Crippen molar-refractivity contribution in [3.63, 3.8) is 0 Å². The molecule has 1 heterocycles. The normalized spacial score (nSPS) is 19.0. The first-order valence-corrected chi connectivity index (χ1v) is 13.8. The van der Waals surface area contributed by atoms with E-state index >= 15 is 0 Å². The molecule has 2 unspecified atom stereocenters. The standard InChI is InChI=1S/C32H34N2O7/c1-20(39-17-21-9-3-2-4-10-21)29(30(35)33-16-23-15-22(18-40-23)31(36)37)34-32(38)41-19-28-26-13-7-5-11-24(26)25-12-6-8-14-27(25)28/h2-14,20,22-23,28-29H,15-19H2,1H3,(H,33,35)(H,34,38)(H,36,37)/t20?,22-,23-,29?/m0/s1. The highest BCUT2D eigenvalue weighted by atomic mass is 16.5. The average Bonchev–Trinajstić information content (AvgIpc) is 3.60. The summed E-state index contributed by atoms with van der Waals surface area (Å²) in [4.78, 5) is 37.5. The van der Waals surface area contributed by atoms with Crippen molar-refractivity contribution in [2.45, 2.75) is 44.1 Å². The Bertz CT molecular complexity index is 1330. The average molecular weight is 559 g/mol. The van der Waals surface area contributed by atoms with Crippen LogP contribution in [0, 0.1) is 5.92 Å². The molecule has 9 heteroatoms. The molecule has 3 N–H and O–H groups in total. The van der Waals surface area contributed by atoms with Crippen LogP contribution < -0.4 is 10.6 Å². The molecule has 4 atom stereocenters. The minimum Gasteiger partial charge on any atom is -0.481 e. The molecule has 5 rings (SSSR count). The number of carbonyl (C=O) groups excluding carboxylic acids is 2. The molecule has 3 aromatic rings. The maximum atomic E-state index is 13.3. The Morgan fingerprint density at radius 2 is 1.59 bits per heavy atom. The quantitative estimate of drug-likeness (QED) is 0.324. The van der Waals surface area contributed by atoms with E-state index in [9.17, 15) is 19.5 Å². The van der Waals surface area contributed by atoms with Crippen LogP contribution in [0.1, 0.15) is 36.0 Å². The van der Waals surface area contributed by atoms with Crippen molar-refractivity contribution in [2.75, 3.05) is 19.8 Å². The molecule has 0 bridgehead atoms. The minimum absolute atomic E-state index is 0.105. The summed E-state index contributed by atoms with van der Waals surface area (Å²) in [5.41, 5.74) is 5.35. The fraction of sp³-hybridized carbons (Fsp3) is 0.344. The number of hydrogen-bond donors (Lipinski definition) is 3. The molecule has 0 saturated carbocycles. The van der Waals surface area contributed by atoms with Crippen LogP contribution in [0.2, 0.25) is 0 Å². The number of rotatable bonds is 11. The largest absolute Gasteiger partial charge is 0.481 e. The number of carboxylic acid groups (broad SMARTS) is 1. The molecular formula is C32H34N2O7. The summed E-state index contributed by atoms with van der Waals surface area (Å²) < 4.78 is 17.2. The van der Waals surface area contributed by atoms with Gasteiger partial charge in [-0.05, 0) is 41.2 Å². The molecule has 2 aliphatic rings. The van der Waals surface area contributed by atoms with E-state index in [0.29, 0.717) is 6.42 Å². The summed E-state index contributed by atoms with van der Waals surface area (Å²) in [5, 5.41) is 14.7. The zero-order valence-corrected chi connectivity index (χ0v) is 22.8. The van der Waals surface area contributed by atoms with E-state index in [1.54, 1.807) is 6.92 Å². The van der Waals surface area contributed by atoms with Gasteiger partial charge in [0, 0.05) is 12.5 Å². The van der Waals surface area contributed by atoms with Gasteiger partial charge in [0.25, 0.3) is 0 Å². The number of hydrogen-bond acceptors (Lipinski definition) is 6. The highest BCUT2D eigenvalue weighted by Gasteiger charge is 2.34. The van der Waals surface area contributed by atoms with Gasteiger partial charge in [0.2, 0.25) is 5.91 Å². The van der Waals surface area contributed by atoms with Gasteiger partial charge in [-0.2, -0.15) is 0 Å². The Kier molecular flexibility index (Phi) is 8.96. The molecule has 1 fully saturated rings. The van der Waals surface area contributed by atoms with Gasteiger partial charge in [-0.1, -0.05) is 78.9 Å². The number of aliphatic carboxylic acids is 1. The first-order valence-electron chi connectivity index (χ1n) is 13.8. The van der Waals surface area contributed by atoms with E-state index in [1.807, 2.05) is 66.7 Å². The number of carbonyl (C=O) groups is 3. The van der Waals surface area contributed by atoms with E-state index in [1.165, 1.54) is 0 Å². The first-order chi connectivity index (χ1) is 19.9. The monoisotopic (exact) mass is 558 g/mol. The lowest BCUT2D eigenvalue weighted by Crippen LogP contribution is -2.54. The second kappa shape index (κ2) is 13.0. The number of amides is 2. The third-order valence-electron chi connectivity index (χ3n) is 7.66. The number of nitrogens with one attached hydrogen (secondary N) is 2. The zero-order valence-electron chi connectivity index (χ0n) is 22.8. The molecule has 9 nitrogen and oxygen atoms in total. The second-order valence-corrected chi connectivity index (χ2v) is 10.4. The lowest BCUT2D eigenvalue weighted by Gasteiger charge is -2.25. The smallest absolute Gasteiger partial charge is 0.407 e. The highest BCUT2D eigenvalue weighted by Crippen LogP contribution is 2.44. The van der Waals surface area contributed by atoms with Crippen LogP contribution in [0.15, 0.2) is 78.9 Å². The van der Waals surface area contributed by atoms with E-state index in [4.69, 9.17) is 14.2 Å². The Morgan fingerprint density at radius 3 is 2.22 bits per heavy atom. The molecule has 41 heavy (non-hydrogen) atoms. The van der Waals surface area contributed by atoms with Crippen LogP contribution in [0.3, 0.4) is 0 Å². The van der Waals surface area contributed by atoms with E-state index in [2.05, 4.69) is 22.8 Å². The molecule has 214 valence electrons. The van der Waals surface area contributed by atoms with Crippen LogP contribution >= 0.6 is 0 Å². The van der Waals surface area contributed by atoms with Crippen molar-refractivity contribution in [3.05, 3.63) is 95.6 Å². The molecule has 2 amide bonds. The number of carboxylic acids is 1. The summed E-state index contributed by atoms with van der Waals surface area (Å²) in [6.07, 6.45) is -1.53. The molecule has 1 aliphatic heterocycles. The van der Waals surface area contributed by atoms with Crippen molar-refractivity contribution in [3.8, 4) is 11.1 Å². The van der Waals surface area contributed by atoms with Crippen LogP contribution in [0.5, 0.6) is 0 Å². The van der Waals surface area contributed by atoms with Crippen molar-refractivity contribution < 1.29 is 33.7 Å². The SMILES string of the molecule is CC(OCc1ccccc1)C(NC(=O)OCC1c2ccccc2-c2ccccc21)C(=O)NC[C@@H]1C[C@H](C(=O)O)CO1. The molecule has 3 aromatic carbocycles. The Balaban J connectivity index is 1.22. The fourth-order valence-corrected chi connectivity index (χ4v) is 5.41. The lowest BCUT2D eigenvalue weighted by molar-refractivity contribution is -0.141. The van der Waals surface area contributed by atoms with Gasteiger partial charge in [0.15, 0.2) is 0 Å². The molecule has 0 spiro atoms. The van der Waals surface area contributed by atoms with Gasteiger partial charge in [-0.25, -0.2) is 4.79 Å². The first kappa shape index (κ1) is 28.3. The summed E-state index contributed by atoms with van der Waals surface area (Å²) in [5.74, 6) is -2.10. The number of fused-ring (bicyclic) bond motifs is 3. The van der Waals surface area contributed by atoms with E-state index in [0.717, 1.165) is 27.8 Å². The van der Waals surface area contributed by atoms with Gasteiger partial charge in [0.05, 0.1) is 31.3 Å². The Labute approximate surface area is 238 Å². The van der Waals surface area contributed by atoms with Crippen LogP contribution in [-0.4, -0.2) is 61.1 Å². The van der Waals surface area contributed by atoms with Crippen LogP contribution in [0.25, 0.3) is 11.1 Å². The summed E-state index contributed by atoms with van der Waals surface area (Å²) in [7, 11) is 0. The number of ether oxygens (including phenoxy) is 3. The summed E-state index contributed by atoms with van der Waals surface area (Å²) >= 11 is 0. The van der Waals surface area contributed by atoms with Crippen molar-refractivity contribution in [1.82, 2.24) is 10.6 Å². The minimum atomic E-state index is -1.05. The van der Waals surface area contributed by atoms with Crippen molar-refractivity contribution in [2.24, 2.45) is 5.92 Å². The maximum absolute atomic E-state index is 13.3. The topological polar surface area (TPSA) is 123 Å². The molecular weight excluding hydrogens is 524 g/mol. The predicted octanol–water partition coefficient (Wildman–Crippen LogP) is 4.10. The van der Waals surface area contributed by atoms with Gasteiger partial charge in [-0.15, -0.1) is 0 Å². The highest BCUT2D eigenvalue weighted by molar-refractivity contribution is 5.86. The molecule has 0 aromatic heterocycles. The third-order valence-corrected chi connectivity index (χ3v) is 7.66. The summed E-state index contributed by atoms with van der Waals surface area (Å²) in [6, 6.07) is 24.6. The maximum Gasteiger partial charge on any atom is 0.407 e. The second-order valence-electron chi connectivity index (χ2n) is 10.4. The van der Waals surface area contributed by atoms with Crippen molar-refractivity contribution >= 4 is 18.0 Å². The number of alkyl carbamates (subject to hydrolysis) is 1. The predicted molar refractivity (Wildman–Crippen MR) is 151 cm³/mol. The Morgan fingerprint density at radius 1 is 0.951 bits per heavy atom. The van der Waals surface area contributed by atoms with Gasteiger partial charge >= 0.3 is 12.1 Å². The molecule has 1 saturated heterocycles. The third kappa shape index (κ3) is 6.75. The van der Waals surface area contributed by atoms with E-state index in [-0.39, 0.29) is 32.3 Å². The van der Waals surface area contributed by atoms with Crippen molar-refractivity contribution in [1.29, 1.82) is 0 Å². The fourth-order valence-electron chi connectivity index (χ4n) is 5.41. The van der Waals surface area contributed by atoms with E-state index < -0.39 is 42.1 Å². The lowest BCUT2D eigenvalue weighted by atomic mass is 9.98. The van der Waals surface area contributed by atoms with Gasteiger partial charge in [-0.3, -0.25) is 9.59 Å². The van der Waals surface area contributed by atoms with Crippen LogP contribution in [-0.2, 0) is 30.4 Å². The van der Waals surface area contributed by atoms with Gasteiger partial charge in [0.1, 0.15) is 12.6 Å².